The van der Waals surface area contributed by atoms with Gasteiger partial charge >= 0.3 is 5.69 Å². The van der Waals surface area contributed by atoms with Gasteiger partial charge in [0.1, 0.15) is 0 Å². The summed E-state index contributed by atoms with van der Waals surface area (Å²) in [4.78, 5) is 30.9. The molecular weight excluding hydrogens is 372 g/mol. The zero-order chi connectivity index (χ0) is 20.2. The molecule has 0 aliphatic carbocycles. The van der Waals surface area contributed by atoms with Crippen LogP contribution >= 0.6 is 0 Å². The van der Waals surface area contributed by atoms with E-state index < -0.39 is 0 Å². The molecule has 2 aliphatic rings. The number of rotatable bonds is 6. The zero-order valence-corrected chi connectivity index (χ0v) is 16.5. The van der Waals surface area contributed by atoms with Gasteiger partial charge in [-0.2, -0.15) is 4.98 Å². The molecule has 0 unspecified atom stereocenters. The summed E-state index contributed by atoms with van der Waals surface area (Å²) in [6.07, 6.45) is 2.55. The van der Waals surface area contributed by atoms with Gasteiger partial charge in [-0.1, -0.05) is 0 Å². The highest BCUT2D eigenvalue weighted by Gasteiger charge is 2.21. The summed E-state index contributed by atoms with van der Waals surface area (Å²) in [6, 6.07) is 5.21. The van der Waals surface area contributed by atoms with Crippen LogP contribution in [0.15, 0.2) is 29.2 Å². The number of amides is 1. The molecule has 1 fully saturated rings. The van der Waals surface area contributed by atoms with E-state index in [1.165, 1.54) is 4.57 Å². The number of nitrogens with one attached hydrogen (secondary N) is 3. The Kier molecular flexibility index (Phi) is 5.77. The predicted octanol–water partition coefficient (Wildman–Crippen LogP) is 1.14. The number of aryl methyl sites for hydroxylation is 1. The van der Waals surface area contributed by atoms with E-state index >= 15 is 0 Å². The maximum atomic E-state index is 12.5. The monoisotopic (exact) mass is 398 g/mol. The lowest BCUT2D eigenvalue weighted by Gasteiger charge is -2.27. The number of piperazine rings is 1. The highest BCUT2D eigenvalue weighted by molar-refractivity contribution is 5.96. The number of hydrogen-bond acceptors (Lipinski definition) is 7. The maximum Gasteiger partial charge on any atom is 0.349 e. The minimum atomic E-state index is -0.343. The van der Waals surface area contributed by atoms with E-state index in [0.717, 1.165) is 39.1 Å². The molecule has 0 saturated carbocycles. The van der Waals surface area contributed by atoms with Gasteiger partial charge in [0.25, 0.3) is 5.91 Å². The molecule has 29 heavy (non-hydrogen) atoms. The molecule has 1 aromatic carbocycles. The number of hydrogen-bond donors (Lipinski definition) is 3. The number of aromatic nitrogens is 2. The molecule has 9 heteroatoms. The van der Waals surface area contributed by atoms with Gasteiger partial charge in [-0.25, -0.2) is 4.79 Å². The number of carbonyl (C=O) groups excluding carboxylic acids is 1. The summed E-state index contributed by atoms with van der Waals surface area (Å²) in [6.45, 7) is 8.18. The van der Waals surface area contributed by atoms with Crippen molar-refractivity contribution in [3.05, 3.63) is 40.4 Å². The van der Waals surface area contributed by atoms with E-state index in [4.69, 9.17) is 4.74 Å². The van der Waals surface area contributed by atoms with Crippen LogP contribution in [0.4, 0.5) is 11.5 Å². The first kappa shape index (κ1) is 19.4. The fourth-order valence-corrected chi connectivity index (χ4v) is 3.51. The smallest absolute Gasteiger partial charge is 0.349 e. The van der Waals surface area contributed by atoms with E-state index in [9.17, 15) is 9.59 Å². The summed E-state index contributed by atoms with van der Waals surface area (Å²) in [5, 5.41) is 9.40. The molecule has 0 radical (unpaired) electrons. The third-order valence-electron chi connectivity index (χ3n) is 5.16. The molecule has 2 aliphatic heterocycles. The topological polar surface area (TPSA) is 101 Å². The summed E-state index contributed by atoms with van der Waals surface area (Å²) < 4.78 is 7.33. The van der Waals surface area contributed by atoms with Gasteiger partial charge in [0.05, 0.1) is 11.9 Å². The van der Waals surface area contributed by atoms with E-state index in [1.807, 2.05) is 6.92 Å². The Morgan fingerprint density at radius 3 is 2.90 bits per heavy atom. The fourth-order valence-electron chi connectivity index (χ4n) is 3.51. The molecular formula is C20H26N6O3. The first-order valence-electron chi connectivity index (χ1n) is 10.1. The second-order valence-corrected chi connectivity index (χ2v) is 7.16. The first-order chi connectivity index (χ1) is 14.1. The Morgan fingerprint density at radius 2 is 2.10 bits per heavy atom. The van der Waals surface area contributed by atoms with Crippen LogP contribution in [0.3, 0.4) is 0 Å². The van der Waals surface area contributed by atoms with Crippen LogP contribution in [0, 0.1) is 0 Å². The van der Waals surface area contributed by atoms with Crippen LogP contribution in [-0.4, -0.2) is 59.6 Å². The largest absolute Gasteiger partial charge is 0.450 e. The van der Waals surface area contributed by atoms with E-state index in [-0.39, 0.29) is 11.6 Å². The zero-order valence-electron chi connectivity index (χ0n) is 16.5. The number of fused-ring (bicyclic) bond motifs is 2. The van der Waals surface area contributed by atoms with Crippen LogP contribution in [0.25, 0.3) is 0 Å². The number of nitrogens with zero attached hydrogens (tertiary/aromatic N) is 3. The number of carbonyl (C=O) groups is 1. The molecule has 3 heterocycles. The maximum absolute atomic E-state index is 12.5. The molecule has 9 nitrogen and oxygen atoms in total. The Hall–Kier alpha value is -2.91. The fraction of sp³-hybridized carbons (Fsp3) is 0.450. The van der Waals surface area contributed by atoms with E-state index in [1.54, 1.807) is 24.4 Å². The van der Waals surface area contributed by atoms with E-state index in [0.29, 0.717) is 41.7 Å². The van der Waals surface area contributed by atoms with Crippen LogP contribution in [0.5, 0.6) is 11.5 Å². The van der Waals surface area contributed by atoms with Crippen molar-refractivity contribution in [2.45, 2.75) is 19.9 Å². The Labute approximate surface area is 169 Å². The number of benzene rings is 1. The molecule has 1 aromatic heterocycles. The van der Waals surface area contributed by atoms with E-state index in [2.05, 4.69) is 25.8 Å². The van der Waals surface area contributed by atoms with Crippen molar-refractivity contribution in [2.24, 2.45) is 0 Å². The molecule has 3 N–H and O–H groups in total. The first-order valence-corrected chi connectivity index (χ1v) is 10.1. The number of anilines is 2. The summed E-state index contributed by atoms with van der Waals surface area (Å²) in [7, 11) is 0. The normalized spacial score (nSPS) is 15.6. The van der Waals surface area contributed by atoms with Gasteiger partial charge < -0.3 is 25.6 Å². The Balaban J connectivity index is 1.36. The van der Waals surface area contributed by atoms with Gasteiger partial charge in [0.15, 0.2) is 17.3 Å². The SMILES string of the molecule is CCn1cc2c(nc1=O)Nc1cc(C(=O)NCCCN3CCNCC3)ccc1O2. The van der Waals surface area contributed by atoms with Crippen molar-refractivity contribution >= 4 is 17.4 Å². The summed E-state index contributed by atoms with van der Waals surface area (Å²) in [5.74, 6) is 1.32. The van der Waals surface area contributed by atoms with Gasteiger partial charge in [-0.15, -0.1) is 0 Å². The van der Waals surface area contributed by atoms with Crippen LogP contribution < -0.4 is 26.4 Å². The molecule has 0 atom stereocenters. The molecule has 0 bridgehead atoms. The van der Waals surface area contributed by atoms with Gasteiger partial charge in [0.2, 0.25) is 0 Å². The predicted molar refractivity (Wildman–Crippen MR) is 110 cm³/mol. The summed E-state index contributed by atoms with van der Waals surface area (Å²) >= 11 is 0. The van der Waals surface area contributed by atoms with Gasteiger partial charge in [-0.05, 0) is 38.1 Å². The van der Waals surface area contributed by atoms with Crippen LogP contribution in [0.2, 0.25) is 0 Å². The Morgan fingerprint density at radius 1 is 1.28 bits per heavy atom. The quantitative estimate of drug-likeness (QED) is 0.535. The molecule has 2 aromatic rings. The molecule has 0 spiro atoms. The number of ether oxygens (including phenoxy) is 1. The lowest BCUT2D eigenvalue weighted by molar-refractivity contribution is 0.0951. The van der Waals surface area contributed by atoms with Crippen molar-refractivity contribution < 1.29 is 9.53 Å². The van der Waals surface area contributed by atoms with Crippen molar-refractivity contribution in [3.63, 3.8) is 0 Å². The highest BCUT2D eigenvalue weighted by Crippen LogP contribution is 2.40. The minimum Gasteiger partial charge on any atom is -0.450 e. The third-order valence-corrected chi connectivity index (χ3v) is 5.16. The van der Waals surface area contributed by atoms with Crippen LogP contribution in [0.1, 0.15) is 23.7 Å². The lowest BCUT2D eigenvalue weighted by atomic mass is 10.1. The van der Waals surface area contributed by atoms with Gasteiger partial charge in [-0.3, -0.25) is 9.36 Å². The lowest BCUT2D eigenvalue weighted by Crippen LogP contribution is -2.44. The second-order valence-electron chi connectivity index (χ2n) is 7.16. The standard InChI is InChI=1S/C20H26N6O3/c1-2-26-13-17-18(24-20(26)28)23-15-12-14(4-5-16(15)29-17)19(27)22-6-3-9-25-10-7-21-8-11-25/h4-5,12-13,21H,2-3,6-11H2,1H3,(H,22,27)(H,23,24,28). The second kappa shape index (κ2) is 8.62. The van der Waals surface area contributed by atoms with Crippen molar-refractivity contribution in [2.75, 3.05) is 44.6 Å². The summed E-state index contributed by atoms with van der Waals surface area (Å²) in [5.41, 5.74) is 0.809. The van der Waals surface area contributed by atoms with Crippen molar-refractivity contribution in [1.82, 2.24) is 25.1 Å². The highest BCUT2D eigenvalue weighted by atomic mass is 16.5. The molecule has 154 valence electrons. The molecule has 4 rings (SSSR count). The van der Waals surface area contributed by atoms with Crippen molar-refractivity contribution in [3.8, 4) is 11.5 Å². The minimum absolute atomic E-state index is 0.130. The van der Waals surface area contributed by atoms with Crippen LogP contribution in [-0.2, 0) is 6.54 Å². The average molecular weight is 398 g/mol. The molecule has 1 amide bonds. The third kappa shape index (κ3) is 4.41. The molecule has 1 saturated heterocycles. The van der Waals surface area contributed by atoms with Gasteiger partial charge in [0, 0.05) is 44.8 Å². The Bertz CT molecular complexity index is 952. The average Bonchev–Trinajstić information content (AvgIpc) is 2.75. The van der Waals surface area contributed by atoms with Crippen molar-refractivity contribution in [1.29, 1.82) is 0 Å².